The van der Waals surface area contributed by atoms with Gasteiger partial charge in [-0.15, -0.1) is 0 Å². The van der Waals surface area contributed by atoms with Gasteiger partial charge in [0.05, 0.1) is 15.6 Å². The van der Waals surface area contributed by atoms with E-state index < -0.39 is 20.9 Å². The Labute approximate surface area is 195 Å². The zero-order valence-corrected chi connectivity index (χ0v) is 18.8. The number of nitro benzene ring substituents is 1. The third-order valence-electron chi connectivity index (χ3n) is 6.01. The van der Waals surface area contributed by atoms with Gasteiger partial charge in [-0.05, 0) is 54.3 Å². The number of rotatable bonds is 4. The summed E-state index contributed by atoms with van der Waals surface area (Å²) in [6, 6.07) is 15.9. The van der Waals surface area contributed by atoms with Crippen molar-refractivity contribution < 1.29 is 18.1 Å². The lowest BCUT2D eigenvalue weighted by atomic mass is 10.1. The molecule has 8 nitrogen and oxygen atoms in total. The summed E-state index contributed by atoms with van der Waals surface area (Å²) < 4.78 is 28.3. The number of para-hydroxylation sites is 1. The highest BCUT2D eigenvalue weighted by molar-refractivity contribution is 7.93. The van der Waals surface area contributed by atoms with Gasteiger partial charge in [0.2, 0.25) is 0 Å². The van der Waals surface area contributed by atoms with Gasteiger partial charge in [0.1, 0.15) is 4.90 Å². The molecule has 0 saturated carbocycles. The summed E-state index contributed by atoms with van der Waals surface area (Å²) in [7, 11) is -3.98. The Hall–Kier alpha value is -3.43. The number of carbonyl (C=O) groups is 1. The van der Waals surface area contributed by atoms with Crippen LogP contribution in [0.4, 0.5) is 17.1 Å². The van der Waals surface area contributed by atoms with Gasteiger partial charge >= 0.3 is 0 Å². The molecule has 0 fully saturated rings. The number of benzene rings is 3. The number of anilines is 2. The predicted molar refractivity (Wildman–Crippen MR) is 125 cm³/mol. The molecule has 3 aromatic rings. The van der Waals surface area contributed by atoms with E-state index >= 15 is 0 Å². The number of fused-ring (bicyclic) bond motifs is 2. The lowest BCUT2D eigenvalue weighted by Gasteiger charge is -2.22. The molecule has 0 bridgehead atoms. The smallest absolute Gasteiger partial charge is 0.269 e. The molecule has 10 heteroatoms. The van der Waals surface area contributed by atoms with Crippen molar-refractivity contribution >= 4 is 44.6 Å². The fourth-order valence-electron chi connectivity index (χ4n) is 4.38. The zero-order valence-electron chi connectivity index (χ0n) is 17.3. The first-order valence-corrected chi connectivity index (χ1v) is 12.1. The van der Waals surface area contributed by atoms with Crippen LogP contribution in [0.5, 0.6) is 0 Å². The predicted octanol–water partition coefficient (Wildman–Crippen LogP) is 4.20. The van der Waals surface area contributed by atoms with Crippen LogP contribution in [0.25, 0.3) is 0 Å². The second-order valence-electron chi connectivity index (χ2n) is 7.88. The minimum atomic E-state index is -3.98. The molecule has 0 radical (unpaired) electrons. The molecule has 2 aliphatic rings. The summed E-state index contributed by atoms with van der Waals surface area (Å²) in [5.41, 5.74) is 2.98. The Kier molecular flexibility index (Phi) is 5.10. The highest BCUT2D eigenvalue weighted by Crippen LogP contribution is 2.36. The normalized spacial score (nSPS) is 14.8. The molecule has 0 atom stereocenters. The molecule has 0 saturated heterocycles. The molecule has 2 aliphatic heterocycles. The maximum absolute atomic E-state index is 13.5. The van der Waals surface area contributed by atoms with Crippen molar-refractivity contribution in [2.75, 3.05) is 22.3 Å². The minimum Gasteiger partial charge on any atom is -0.308 e. The van der Waals surface area contributed by atoms with Crippen molar-refractivity contribution in [3.8, 4) is 0 Å². The highest BCUT2D eigenvalue weighted by atomic mass is 35.5. The molecule has 0 aliphatic carbocycles. The first kappa shape index (κ1) is 21.4. The number of nitro groups is 1. The van der Waals surface area contributed by atoms with E-state index in [1.54, 1.807) is 18.2 Å². The molecule has 1 amide bonds. The summed E-state index contributed by atoms with van der Waals surface area (Å²) in [5, 5.41) is 11.1. The zero-order chi connectivity index (χ0) is 23.3. The van der Waals surface area contributed by atoms with Gasteiger partial charge in [0, 0.05) is 36.5 Å². The van der Waals surface area contributed by atoms with Crippen molar-refractivity contribution in [1.29, 1.82) is 0 Å². The van der Waals surface area contributed by atoms with E-state index in [9.17, 15) is 23.3 Å². The van der Waals surface area contributed by atoms with Crippen molar-refractivity contribution in [1.82, 2.24) is 0 Å². The van der Waals surface area contributed by atoms with Gasteiger partial charge in [0.15, 0.2) is 0 Å². The quantitative estimate of drug-likeness (QED) is 0.409. The Morgan fingerprint density at radius 2 is 1.70 bits per heavy atom. The fraction of sp³-hybridized carbons (Fsp3) is 0.174. The van der Waals surface area contributed by atoms with E-state index in [4.69, 9.17) is 11.6 Å². The van der Waals surface area contributed by atoms with Gasteiger partial charge in [-0.2, -0.15) is 0 Å². The van der Waals surface area contributed by atoms with Crippen molar-refractivity contribution in [3.63, 3.8) is 0 Å². The van der Waals surface area contributed by atoms with Gasteiger partial charge in [-0.3, -0.25) is 19.2 Å². The fourth-order valence-corrected chi connectivity index (χ4v) is 6.39. The van der Waals surface area contributed by atoms with Crippen LogP contribution in [-0.2, 0) is 22.9 Å². The first-order valence-electron chi connectivity index (χ1n) is 10.3. The summed E-state index contributed by atoms with van der Waals surface area (Å²) in [5.74, 6) is -0.391. The molecular formula is C23H18ClN3O5S. The van der Waals surface area contributed by atoms with Crippen LogP contribution in [0, 0.1) is 10.1 Å². The molecule has 0 spiro atoms. The number of hydrogen-bond acceptors (Lipinski definition) is 5. The molecule has 0 unspecified atom stereocenters. The number of carbonyl (C=O) groups excluding carboxylic acids is 1. The molecule has 3 aromatic carbocycles. The van der Waals surface area contributed by atoms with Crippen LogP contribution < -0.4 is 9.21 Å². The van der Waals surface area contributed by atoms with E-state index in [0.717, 1.165) is 5.56 Å². The average Bonchev–Trinajstić information content (AvgIpc) is 3.43. The van der Waals surface area contributed by atoms with E-state index in [1.807, 2.05) is 12.1 Å². The minimum absolute atomic E-state index is 0.0335. The van der Waals surface area contributed by atoms with Crippen molar-refractivity contribution in [3.05, 3.63) is 92.5 Å². The molecular weight excluding hydrogens is 466 g/mol. The lowest BCUT2D eigenvalue weighted by molar-refractivity contribution is -0.384. The van der Waals surface area contributed by atoms with Crippen LogP contribution >= 0.6 is 11.6 Å². The van der Waals surface area contributed by atoms with Gasteiger partial charge in [-0.25, -0.2) is 8.42 Å². The second kappa shape index (κ2) is 7.86. The average molecular weight is 484 g/mol. The summed E-state index contributed by atoms with van der Waals surface area (Å²) in [6.07, 6.45) is 1.08. The Morgan fingerprint density at radius 1 is 0.939 bits per heavy atom. The third-order valence-corrected chi connectivity index (χ3v) is 8.30. The summed E-state index contributed by atoms with van der Waals surface area (Å²) >= 11 is 6.28. The van der Waals surface area contributed by atoms with Crippen LogP contribution in [0.15, 0.2) is 65.6 Å². The van der Waals surface area contributed by atoms with E-state index in [1.165, 1.54) is 39.5 Å². The Morgan fingerprint density at radius 3 is 2.48 bits per heavy atom. The van der Waals surface area contributed by atoms with Crippen molar-refractivity contribution in [2.24, 2.45) is 0 Å². The molecule has 0 N–H and O–H groups in total. The summed E-state index contributed by atoms with van der Waals surface area (Å²) in [6.45, 7) is 0.647. The SMILES string of the molecule is O=C(c1ccc(Cl)c(S(=O)(=O)N2CCc3ccccc32)c1)N1CCc2cc([N+](=O)[O-])ccc21. The third kappa shape index (κ3) is 3.53. The van der Waals surface area contributed by atoms with E-state index in [0.29, 0.717) is 42.9 Å². The van der Waals surface area contributed by atoms with Crippen molar-refractivity contribution in [2.45, 2.75) is 17.7 Å². The lowest BCUT2D eigenvalue weighted by Crippen LogP contribution is -2.31. The van der Waals surface area contributed by atoms with Gasteiger partial charge in [0.25, 0.3) is 21.6 Å². The van der Waals surface area contributed by atoms with Gasteiger partial charge in [-0.1, -0.05) is 29.8 Å². The topological polar surface area (TPSA) is 101 Å². The van der Waals surface area contributed by atoms with Crippen LogP contribution in [0.2, 0.25) is 5.02 Å². The van der Waals surface area contributed by atoms with E-state index in [-0.39, 0.29) is 21.2 Å². The number of halogens is 1. The van der Waals surface area contributed by atoms with Gasteiger partial charge < -0.3 is 4.90 Å². The second-order valence-corrected chi connectivity index (χ2v) is 10.1. The summed E-state index contributed by atoms with van der Waals surface area (Å²) in [4.78, 5) is 25.2. The first-order chi connectivity index (χ1) is 15.8. The highest BCUT2D eigenvalue weighted by Gasteiger charge is 2.34. The maximum Gasteiger partial charge on any atom is 0.269 e. The number of amides is 1. The number of sulfonamides is 1. The maximum atomic E-state index is 13.5. The molecule has 168 valence electrons. The number of hydrogen-bond donors (Lipinski definition) is 0. The standard InChI is InChI=1S/C23H18ClN3O5S/c24-19-7-5-17(23(28)25-11-9-16-13-18(27(29)30)6-8-20(16)25)14-22(19)33(31,32)26-12-10-15-3-1-2-4-21(15)26/h1-8,13-14H,9-12H2. The molecule has 0 aromatic heterocycles. The van der Waals surface area contributed by atoms with Crippen LogP contribution in [0.1, 0.15) is 21.5 Å². The molecule has 5 rings (SSSR count). The van der Waals surface area contributed by atoms with Crippen LogP contribution in [0.3, 0.4) is 0 Å². The number of nitrogens with zero attached hydrogens (tertiary/aromatic N) is 3. The largest absolute Gasteiger partial charge is 0.308 e. The van der Waals surface area contributed by atoms with Crippen LogP contribution in [-0.4, -0.2) is 32.3 Å². The molecule has 2 heterocycles. The molecule has 33 heavy (non-hydrogen) atoms. The number of non-ortho nitro benzene ring substituents is 1. The Bertz CT molecular complexity index is 1420. The van der Waals surface area contributed by atoms with E-state index in [2.05, 4.69) is 0 Å². The Balaban J connectivity index is 1.49. The monoisotopic (exact) mass is 483 g/mol.